The van der Waals surface area contributed by atoms with Crippen LogP contribution in [0.5, 0.6) is 0 Å². The van der Waals surface area contributed by atoms with E-state index in [2.05, 4.69) is 20.5 Å². The summed E-state index contributed by atoms with van der Waals surface area (Å²) < 4.78 is 0. The number of halogens is 1. The maximum absolute atomic E-state index is 12.4. The Bertz CT molecular complexity index is 696. The van der Waals surface area contributed by atoms with Crippen LogP contribution in [-0.4, -0.2) is 64.9 Å². The molecule has 2 aliphatic heterocycles. The molecule has 27 heavy (non-hydrogen) atoms. The van der Waals surface area contributed by atoms with Crippen LogP contribution in [-0.2, 0) is 16.1 Å². The zero-order valence-corrected chi connectivity index (χ0v) is 15.8. The Kier molecular flexibility index (Phi) is 5.96. The number of hydrogen-bond donors (Lipinski definition) is 2. The maximum Gasteiger partial charge on any atom is 0.325 e. The molecule has 0 bridgehead atoms. The minimum Gasteiger partial charge on any atom is -0.350 e. The van der Waals surface area contributed by atoms with Crippen molar-refractivity contribution in [1.82, 2.24) is 25.4 Å². The Labute approximate surface area is 164 Å². The molecule has 1 aromatic heterocycles. The molecule has 0 unspecified atom stereocenters. The van der Waals surface area contributed by atoms with Gasteiger partial charge in [0.2, 0.25) is 5.91 Å². The summed E-state index contributed by atoms with van der Waals surface area (Å²) >= 11 is 0. The molecule has 2 saturated heterocycles. The topological polar surface area (TPSA) is 94.6 Å². The van der Waals surface area contributed by atoms with E-state index < -0.39 is 6.03 Å². The second-order valence-corrected chi connectivity index (χ2v) is 7.33. The first-order valence-electron chi connectivity index (χ1n) is 9.10. The van der Waals surface area contributed by atoms with E-state index in [1.54, 1.807) is 6.20 Å². The first-order chi connectivity index (χ1) is 12.6. The van der Waals surface area contributed by atoms with Crippen LogP contribution in [0.2, 0.25) is 0 Å². The molecule has 1 aliphatic carbocycles. The van der Waals surface area contributed by atoms with Crippen LogP contribution < -0.4 is 10.6 Å². The lowest BCUT2D eigenvalue weighted by Gasteiger charge is -2.21. The lowest BCUT2D eigenvalue weighted by molar-refractivity contribution is -0.131. The van der Waals surface area contributed by atoms with Crippen LogP contribution >= 0.6 is 12.4 Å². The predicted molar refractivity (Wildman–Crippen MR) is 100 cm³/mol. The van der Waals surface area contributed by atoms with E-state index in [9.17, 15) is 14.4 Å². The Morgan fingerprint density at radius 1 is 1.26 bits per heavy atom. The highest BCUT2D eigenvalue weighted by atomic mass is 35.5. The van der Waals surface area contributed by atoms with E-state index in [0.717, 1.165) is 30.2 Å². The van der Waals surface area contributed by atoms with Crippen molar-refractivity contribution in [3.05, 3.63) is 30.1 Å². The van der Waals surface area contributed by atoms with Crippen molar-refractivity contribution in [3.63, 3.8) is 0 Å². The molecule has 0 aromatic carbocycles. The zero-order chi connectivity index (χ0) is 18.1. The van der Waals surface area contributed by atoms with Crippen molar-refractivity contribution in [3.8, 4) is 0 Å². The number of rotatable bonds is 6. The van der Waals surface area contributed by atoms with Crippen molar-refractivity contribution >= 4 is 30.3 Å². The number of nitrogens with zero attached hydrogens (tertiary/aromatic N) is 3. The van der Waals surface area contributed by atoms with Crippen molar-refractivity contribution in [2.45, 2.75) is 25.4 Å². The van der Waals surface area contributed by atoms with Crippen LogP contribution in [0, 0.1) is 11.8 Å². The minimum absolute atomic E-state index is 0. The van der Waals surface area contributed by atoms with Crippen molar-refractivity contribution in [2.24, 2.45) is 11.8 Å². The molecule has 4 amide bonds. The van der Waals surface area contributed by atoms with Crippen LogP contribution in [0.4, 0.5) is 4.79 Å². The molecule has 2 atom stereocenters. The molecule has 0 spiro atoms. The monoisotopic (exact) mass is 393 g/mol. The van der Waals surface area contributed by atoms with E-state index in [4.69, 9.17) is 0 Å². The fraction of sp³-hybridized carbons (Fsp3) is 0.556. The Morgan fingerprint density at radius 3 is 2.70 bits per heavy atom. The van der Waals surface area contributed by atoms with E-state index in [1.807, 2.05) is 18.2 Å². The fourth-order valence-corrected chi connectivity index (χ4v) is 3.93. The summed E-state index contributed by atoms with van der Waals surface area (Å²) in [6.45, 7) is 2.24. The van der Waals surface area contributed by atoms with Gasteiger partial charge in [0, 0.05) is 31.9 Å². The maximum atomic E-state index is 12.4. The van der Waals surface area contributed by atoms with E-state index in [-0.39, 0.29) is 43.4 Å². The third-order valence-electron chi connectivity index (χ3n) is 5.37. The van der Waals surface area contributed by atoms with Gasteiger partial charge >= 0.3 is 6.03 Å². The third-order valence-corrected chi connectivity index (χ3v) is 5.37. The molecular weight excluding hydrogens is 370 g/mol. The molecular formula is C18H24ClN5O3. The average Bonchev–Trinajstić information content (AvgIpc) is 3.34. The van der Waals surface area contributed by atoms with Gasteiger partial charge in [0.05, 0.1) is 12.2 Å². The SMILES string of the molecule is Cl.O=C(CN1C(=O)CNC1=O)N[C@H]1CN(Cc2ccccn2)C[C@@H]1C1CC1. The lowest BCUT2D eigenvalue weighted by Crippen LogP contribution is -2.47. The summed E-state index contributed by atoms with van der Waals surface area (Å²) in [4.78, 5) is 43.3. The van der Waals surface area contributed by atoms with Gasteiger partial charge in [-0.3, -0.25) is 24.4 Å². The molecule has 0 radical (unpaired) electrons. The number of pyridine rings is 1. The third kappa shape index (κ3) is 4.56. The number of nitrogens with one attached hydrogen (secondary N) is 2. The Hall–Kier alpha value is -2.19. The first kappa shape index (κ1) is 19.6. The van der Waals surface area contributed by atoms with Gasteiger partial charge in [0.25, 0.3) is 5.91 Å². The van der Waals surface area contributed by atoms with Crippen molar-refractivity contribution in [2.75, 3.05) is 26.2 Å². The fourth-order valence-electron chi connectivity index (χ4n) is 3.93. The average molecular weight is 394 g/mol. The number of carbonyl (C=O) groups is 3. The summed E-state index contributed by atoms with van der Waals surface area (Å²) in [6, 6.07) is 5.45. The number of amides is 4. The number of aromatic nitrogens is 1. The highest BCUT2D eigenvalue weighted by Gasteiger charge is 2.43. The molecule has 3 fully saturated rings. The molecule has 3 aliphatic rings. The van der Waals surface area contributed by atoms with Crippen LogP contribution in [0.1, 0.15) is 18.5 Å². The normalized spacial score (nSPS) is 25.3. The Morgan fingerprint density at radius 2 is 2.07 bits per heavy atom. The number of urea groups is 1. The smallest absolute Gasteiger partial charge is 0.325 e. The molecule has 8 nitrogen and oxygen atoms in total. The van der Waals surface area contributed by atoms with E-state index in [0.29, 0.717) is 11.8 Å². The highest BCUT2D eigenvalue weighted by molar-refractivity contribution is 6.04. The zero-order valence-electron chi connectivity index (χ0n) is 15.0. The first-order valence-corrected chi connectivity index (χ1v) is 9.10. The summed E-state index contributed by atoms with van der Waals surface area (Å²) in [7, 11) is 0. The second kappa shape index (κ2) is 8.22. The van der Waals surface area contributed by atoms with Gasteiger partial charge in [-0.25, -0.2) is 4.79 Å². The number of carbonyl (C=O) groups excluding carboxylic acids is 3. The molecule has 9 heteroatoms. The Balaban J connectivity index is 0.00000210. The second-order valence-electron chi connectivity index (χ2n) is 7.33. The van der Waals surface area contributed by atoms with Crippen LogP contribution in [0.25, 0.3) is 0 Å². The van der Waals surface area contributed by atoms with E-state index >= 15 is 0 Å². The highest BCUT2D eigenvalue weighted by Crippen LogP contribution is 2.41. The summed E-state index contributed by atoms with van der Waals surface area (Å²) in [5, 5.41) is 5.49. The van der Waals surface area contributed by atoms with Crippen molar-refractivity contribution in [1.29, 1.82) is 0 Å². The molecule has 3 heterocycles. The molecule has 1 saturated carbocycles. The predicted octanol–water partition coefficient (Wildman–Crippen LogP) is 0.382. The van der Waals surface area contributed by atoms with Gasteiger partial charge in [0.15, 0.2) is 0 Å². The lowest BCUT2D eigenvalue weighted by atomic mass is 9.98. The van der Waals surface area contributed by atoms with Gasteiger partial charge < -0.3 is 10.6 Å². The van der Waals surface area contributed by atoms with Gasteiger partial charge in [-0.05, 0) is 36.8 Å². The van der Waals surface area contributed by atoms with Crippen LogP contribution in [0.15, 0.2) is 24.4 Å². The van der Waals surface area contributed by atoms with Gasteiger partial charge in [-0.1, -0.05) is 6.07 Å². The number of likely N-dealkylation sites (tertiary alicyclic amines) is 1. The molecule has 2 N–H and O–H groups in total. The van der Waals surface area contributed by atoms with Gasteiger partial charge in [0.1, 0.15) is 6.54 Å². The summed E-state index contributed by atoms with van der Waals surface area (Å²) in [5.74, 6) is 0.453. The summed E-state index contributed by atoms with van der Waals surface area (Å²) in [5.41, 5.74) is 1.02. The molecule has 1 aromatic rings. The largest absolute Gasteiger partial charge is 0.350 e. The quantitative estimate of drug-likeness (QED) is 0.681. The number of hydrogen-bond acceptors (Lipinski definition) is 5. The van der Waals surface area contributed by atoms with Gasteiger partial charge in [-0.15, -0.1) is 12.4 Å². The number of imide groups is 1. The standard InChI is InChI=1S/C18H23N5O3.ClH/c24-16(11-23-17(25)7-20-18(23)26)21-15-10-22(9-14(15)12-4-5-12)8-13-3-1-2-6-19-13;/h1-3,6,12,14-15H,4-5,7-11H2,(H,20,26)(H,21,24);1H/t14-,15+;/m1./s1. The minimum atomic E-state index is -0.493. The van der Waals surface area contributed by atoms with Gasteiger partial charge in [-0.2, -0.15) is 0 Å². The van der Waals surface area contributed by atoms with E-state index in [1.165, 1.54) is 12.8 Å². The van der Waals surface area contributed by atoms with Crippen LogP contribution in [0.3, 0.4) is 0 Å². The van der Waals surface area contributed by atoms with Crippen molar-refractivity contribution < 1.29 is 14.4 Å². The molecule has 146 valence electrons. The molecule has 4 rings (SSSR count). The summed E-state index contributed by atoms with van der Waals surface area (Å²) in [6.07, 6.45) is 4.21.